The molecule has 0 rings (SSSR count). The first-order valence-electron chi connectivity index (χ1n) is 7.27. The van der Waals surface area contributed by atoms with Crippen molar-refractivity contribution >= 4 is 20.6 Å². The van der Waals surface area contributed by atoms with Crippen molar-refractivity contribution in [2.45, 2.75) is 13.0 Å². The molecule has 1 atom stereocenters. The molecule has 0 aromatic heterocycles. The Morgan fingerprint density at radius 2 is 1.62 bits per heavy atom. The van der Waals surface area contributed by atoms with E-state index in [9.17, 15) is 9.59 Å². The van der Waals surface area contributed by atoms with E-state index in [1.807, 2.05) is 0 Å². The van der Waals surface area contributed by atoms with Gasteiger partial charge in [0.05, 0.1) is 46.2 Å². The highest BCUT2D eigenvalue weighted by molar-refractivity contribution is 6.71. The van der Waals surface area contributed by atoms with E-state index in [1.54, 1.807) is 7.11 Å². The highest BCUT2D eigenvalue weighted by Crippen LogP contribution is 2.01. The molecule has 24 heavy (non-hydrogen) atoms. The summed E-state index contributed by atoms with van der Waals surface area (Å²) in [5.74, 6) is -0.425. The van der Waals surface area contributed by atoms with Crippen molar-refractivity contribution in [3.8, 4) is 6.26 Å². The topological polar surface area (TPSA) is 128 Å². The number of amides is 1. The number of ether oxygens (including phenoxy) is 4. The Morgan fingerprint density at radius 1 is 1.08 bits per heavy atom. The molecule has 136 valence electrons. The van der Waals surface area contributed by atoms with Gasteiger partial charge < -0.3 is 28.4 Å². The first-order chi connectivity index (χ1) is 11.6. The lowest BCUT2D eigenvalue weighted by atomic mass is 10.4. The maximum Gasteiger partial charge on any atom is 0.517 e. The average Bonchev–Trinajstić information content (AvgIpc) is 2.52. The van der Waals surface area contributed by atoms with E-state index in [-0.39, 0.29) is 13.0 Å². The molecule has 1 unspecified atom stereocenters. The number of rotatable bonds is 15. The molecule has 0 aliphatic rings. The molecule has 0 fully saturated rings. The largest absolute Gasteiger partial charge is 0.517 e. The molecule has 11 heteroatoms. The third-order valence-corrected chi connectivity index (χ3v) is 4.27. The number of carbonyl (C=O) groups excluding carboxylic acids is 2. The van der Waals surface area contributed by atoms with Gasteiger partial charge in [0.2, 0.25) is 12.0 Å². The van der Waals surface area contributed by atoms with Crippen LogP contribution in [-0.4, -0.2) is 74.0 Å². The summed E-state index contributed by atoms with van der Waals surface area (Å²) in [6.07, 6.45) is 2.76. The highest BCUT2D eigenvalue weighted by Gasteiger charge is 2.35. The van der Waals surface area contributed by atoms with Gasteiger partial charge in [-0.1, -0.05) is 0 Å². The third kappa shape index (κ3) is 12.7. The van der Waals surface area contributed by atoms with Gasteiger partial charge in [-0.15, -0.1) is 0 Å². The summed E-state index contributed by atoms with van der Waals surface area (Å²) in [4.78, 5) is 24.4. The number of carbonyl (C=O) groups is 1. The smallest absolute Gasteiger partial charge is 0.439 e. The summed E-state index contributed by atoms with van der Waals surface area (Å²) in [5.41, 5.74) is 0. The van der Waals surface area contributed by atoms with Crippen LogP contribution in [0.3, 0.4) is 0 Å². The fourth-order valence-electron chi connectivity index (χ4n) is 1.42. The van der Waals surface area contributed by atoms with Crippen molar-refractivity contribution in [3.05, 3.63) is 0 Å². The molecule has 1 N–H and O–H groups in total. The molecule has 0 aliphatic heterocycles. The molecule has 0 aromatic rings. The zero-order valence-corrected chi connectivity index (χ0v) is 14.9. The molecule has 0 aromatic carbocycles. The van der Waals surface area contributed by atoms with Crippen molar-refractivity contribution in [2.24, 2.45) is 4.66 Å². The number of hydrogen-bond donors (Lipinski definition) is 1. The minimum atomic E-state index is -3.27. The van der Waals surface area contributed by atoms with Crippen LogP contribution in [0.1, 0.15) is 6.42 Å². The number of nitriles is 1. The number of isocyanates is 1. The molecule has 0 bridgehead atoms. The SMILES string of the molecule is COCCOCCOCCOCCC(=O)N[Si](C)(N=C=O)OC#N. The fourth-order valence-corrected chi connectivity index (χ4v) is 2.57. The van der Waals surface area contributed by atoms with Crippen LogP contribution in [0.15, 0.2) is 4.66 Å². The van der Waals surface area contributed by atoms with Crippen LogP contribution in [-0.2, 0) is 33.0 Å². The maximum atomic E-state index is 11.7. The van der Waals surface area contributed by atoms with Crippen LogP contribution in [0, 0.1) is 11.5 Å². The van der Waals surface area contributed by atoms with Gasteiger partial charge in [-0.25, -0.2) is 4.79 Å². The Morgan fingerprint density at radius 3 is 2.12 bits per heavy atom. The monoisotopic (exact) mass is 361 g/mol. The Kier molecular flexibility index (Phi) is 13.7. The summed E-state index contributed by atoms with van der Waals surface area (Å²) in [6.45, 7) is 4.28. The molecule has 10 nitrogen and oxygen atoms in total. The van der Waals surface area contributed by atoms with Crippen molar-refractivity contribution < 1.29 is 33.0 Å². The average molecular weight is 361 g/mol. The summed E-state index contributed by atoms with van der Waals surface area (Å²) in [7, 11) is -1.67. The lowest BCUT2D eigenvalue weighted by molar-refractivity contribution is -0.121. The maximum absolute atomic E-state index is 11.7. The molecule has 0 saturated heterocycles. The Hall–Kier alpha value is -1.80. The standard InChI is InChI=1S/C13H23N3O7Si/c1-19-5-6-21-9-10-22-8-7-20-4-3-13(18)16-24(2,15-12-17)23-11-14/h3-10H2,1-2H3,(H,16,18). The molecule has 0 heterocycles. The number of methoxy groups -OCH3 is 1. The second-order valence-corrected chi connectivity index (χ2v) is 7.15. The van der Waals surface area contributed by atoms with Crippen LogP contribution in [0.4, 0.5) is 0 Å². The quantitative estimate of drug-likeness (QED) is 0.137. The van der Waals surface area contributed by atoms with Gasteiger partial charge in [0.1, 0.15) is 0 Å². The van der Waals surface area contributed by atoms with Crippen molar-refractivity contribution in [3.63, 3.8) is 0 Å². The number of nitrogens with one attached hydrogen (secondary N) is 1. The summed E-state index contributed by atoms with van der Waals surface area (Å²) < 4.78 is 28.6. The zero-order chi connectivity index (χ0) is 18.1. The van der Waals surface area contributed by atoms with Crippen LogP contribution in [0.5, 0.6) is 0 Å². The molecule has 0 spiro atoms. The third-order valence-electron chi connectivity index (χ3n) is 2.52. The molecular formula is C13H23N3O7Si. The summed E-state index contributed by atoms with van der Waals surface area (Å²) in [5, 5.41) is 8.49. The van der Waals surface area contributed by atoms with Crippen LogP contribution < -0.4 is 4.98 Å². The molecule has 0 radical (unpaired) electrons. The van der Waals surface area contributed by atoms with E-state index in [0.717, 1.165) is 0 Å². The minimum Gasteiger partial charge on any atom is -0.439 e. The minimum absolute atomic E-state index is 0.0475. The Balaban J connectivity index is 3.62. The van der Waals surface area contributed by atoms with E-state index in [1.165, 1.54) is 18.9 Å². The van der Waals surface area contributed by atoms with E-state index in [4.69, 9.17) is 24.2 Å². The molecule has 0 saturated carbocycles. The van der Waals surface area contributed by atoms with Gasteiger partial charge >= 0.3 is 8.64 Å². The number of hydrogen-bond acceptors (Lipinski definition) is 9. The van der Waals surface area contributed by atoms with Gasteiger partial charge in [0, 0.05) is 20.1 Å². The Bertz CT molecular complexity index is 440. The van der Waals surface area contributed by atoms with Crippen LogP contribution >= 0.6 is 0 Å². The summed E-state index contributed by atoms with van der Waals surface area (Å²) in [6, 6.07) is 0. The van der Waals surface area contributed by atoms with Crippen molar-refractivity contribution in [2.75, 3.05) is 53.4 Å². The van der Waals surface area contributed by atoms with Crippen LogP contribution in [0.2, 0.25) is 6.55 Å². The van der Waals surface area contributed by atoms with E-state index in [2.05, 4.69) is 14.1 Å². The van der Waals surface area contributed by atoms with E-state index in [0.29, 0.717) is 39.6 Å². The van der Waals surface area contributed by atoms with E-state index >= 15 is 0 Å². The van der Waals surface area contributed by atoms with Crippen molar-refractivity contribution in [1.29, 1.82) is 5.26 Å². The first kappa shape index (κ1) is 22.2. The summed E-state index contributed by atoms with van der Waals surface area (Å²) >= 11 is 0. The lowest BCUT2D eigenvalue weighted by Gasteiger charge is -2.17. The molecule has 0 aliphatic carbocycles. The van der Waals surface area contributed by atoms with Gasteiger partial charge in [-0.05, 0) is 0 Å². The fraction of sp³-hybridized carbons (Fsp3) is 0.769. The van der Waals surface area contributed by atoms with Gasteiger partial charge in [0.25, 0.3) is 6.26 Å². The highest BCUT2D eigenvalue weighted by atomic mass is 28.4. The first-order valence-corrected chi connectivity index (χ1v) is 9.63. The molecule has 1 amide bonds. The normalized spacial score (nSPS) is 12.5. The van der Waals surface area contributed by atoms with Crippen LogP contribution in [0.25, 0.3) is 0 Å². The second kappa shape index (κ2) is 14.8. The predicted octanol–water partition coefficient (Wildman–Crippen LogP) is -0.409. The number of nitrogens with zero attached hydrogens (tertiary/aromatic N) is 2. The van der Waals surface area contributed by atoms with Gasteiger partial charge in [-0.3, -0.25) is 4.79 Å². The van der Waals surface area contributed by atoms with Gasteiger partial charge in [-0.2, -0.15) is 9.92 Å². The lowest BCUT2D eigenvalue weighted by Crippen LogP contribution is -2.51. The van der Waals surface area contributed by atoms with Gasteiger partial charge in [0.15, 0.2) is 0 Å². The predicted molar refractivity (Wildman–Crippen MR) is 83.5 cm³/mol. The van der Waals surface area contributed by atoms with E-state index < -0.39 is 14.5 Å². The Labute approximate surface area is 142 Å². The molecular weight excluding hydrogens is 338 g/mol. The second-order valence-electron chi connectivity index (χ2n) is 4.51. The zero-order valence-electron chi connectivity index (χ0n) is 13.9. The van der Waals surface area contributed by atoms with Crippen molar-refractivity contribution in [1.82, 2.24) is 4.98 Å².